The third-order valence-corrected chi connectivity index (χ3v) is 3.20. The van der Waals surface area contributed by atoms with Gasteiger partial charge in [0.15, 0.2) is 29.6 Å². The maximum absolute atomic E-state index is 11.6. The fraction of sp³-hybridized carbons (Fsp3) is 0.778. The highest BCUT2D eigenvalue weighted by Gasteiger charge is 2.49. The number of thioether (sulfide) groups is 1. The van der Waals surface area contributed by atoms with Crippen LogP contribution in [-0.4, -0.2) is 41.1 Å². The van der Waals surface area contributed by atoms with Crippen molar-refractivity contribution < 1.29 is 19.1 Å². The molecule has 0 saturated carbocycles. The lowest BCUT2D eigenvalue weighted by Crippen LogP contribution is -2.36. The predicted octanol–water partition coefficient (Wildman–Crippen LogP) is 0.391. The number of Topliss-reactive ketones (excluding diaryl/α,β-unsaturated/α-hetero) is 2. The van der Waals surface area contributed by atoms with E-state index in [1.807, 2.05) is 0 Å². The van der Waals surface area contributed by atoms with Crippen LogP contribution in [0.1, 0.15) is 13.8 Å². The van der Waals surface area contributed by atoms with Crippen LogP contribution in [0, 0.1) is 0 Å². The van der Waals surface area contributed by atoms with Crippen LogP contribution in [0.5, 0.6) is 0 Å². The zero-order valence-electron chi connectivity index (χ0n) is 8.11. The molecule has 0 aromatic rings. The fourth-order valence-electron chi connectivity index (χ4n) is 1.65. The molecular formula is C9H12O4S. The Morgan fingerprint density at radius 1 is 1.14 bits per heavy atom. The van der Waals surface area contributed by atoms with Gasteiger partial charge >= 0.3 is 0 Å². The molecule has 2 rings (SSSR count). The number of rotatable bonds is 0. The van der Waals surface area contributed by atoms with Crippen molar-refractivity contribution in [3.63, 3.8) is 0 Å². The smallest absolute Gasteiger partial charge is 0.174 e. The van der Waals surface area contributed by atoms with E-state index in [1.54, 1.807) is 13.8 Å². The molecule has 0 amide bonds. The van der Waals surface area contributed by atoms with E-state index in [0.29, 0.717) is 11.5 Å². The van der Waals surface area contributed by atoms with Gasteiger partial charge in [-0.15, -0.1) is 11.8 Å². The number of carbonyl (C=O) groups is 2. The Balaban J connectivity index is 2.25. The average molecular weight is 216 g/mol. The summed E-state index contributed by atoms with van der Waals surface area (Å²) >= 11 is 1.33. The van der Waals surface area contributed by atoms with E-state index >= 15 is 0 Å². The lowest BCUT2D eigenvalue weighted by atomic mass is 10.1. The van der Waals surface area contributed by atoms with Gasteiger partial charge in [0, 0.05) is 0 Å². The van der Waals surface area contributed by atoms with Gasteiger partial charge in [0.25, 0.3) is 0 Å². The Hall–Kier alpha value is -0.390. The minimum Gasteiger partial charge on any atom is -0.336 e. The summed E-state index contributed by atoms with van der Waals surface area (Å²) in [6, 6.07) is 0. The minimum atomic E-state index is -0.817. The maximum atomic E-state index is 11.6. The van der Waals surface area contributed by atoms with E-state index in [4.69, 9.17) is 9.47 Å². The minimum absolute atomic E-state index is 0.0450. The second kappa shape index (κ2) is 3.32. The van der Waals surface area contributed by atoms with Gasteiger partial charge in [0.05, 0.1) is 11.5 Å². The molecule has 4 nitrogen and oxygen atoms in total. The van der Waals surface area contributed by atoms with Crippen molar-refractivity contribution in [2.45, 2.75) is 31.8 Å². The van der Waals surface area contributed by atoms with Gasteiger partial charge in [-0.05, 0) is 13.8 Å². The maximum Gasteiger partial charge on any atom is 0.174 e. The standard InChI is InChI=1S/C9H12O4S/c1-9(2)12-7-5(10)3-14-4-6(11)8(7)13-9/h7-8H,3-4H2,1-2H3/t7-,8?/m0/s1. The van der Waals surface area contributed by atoms with E-state index in [-0.39, 0.29) is 11.6 Å². The third-order valence-electron chi connectivity index (χ3n) is 2.22. The van der Waals surface area contributed by atoms with Gasteiger partial charge < -0.3 is 9.47 Å². The Morgan fingerprint density at radius 2 is 1.57 bits per heavy atom. The first-order valence-electron chi connectivity index (χ1n) is 4.48. The number of carbonyl (C=O) groups excluding carboxylic acids is 2. The van der Waals surface area contributed by atoms with Crippen LogP contribution >= 0.6 is 11.8 Å². The molecule has 78 valence electrons. The molecule has 1 unspecified atom stereocenters. The summed E-state index contributed by atoms with van der Waals surface area (Å²) < 4.78 is 10.8. The summed E-state index contributed by atoms with van der Waals surface area (Å²) in [5, 5.41) is 0. The molecule has 2 aliphatic rings. The van der Waals surface area contributed by atoms with Crippen LogP contribution < -0.4 is 0 Å². The van der Waals surface area contributed by atoms with Crippen LogP contribution in [0.15, 0.2) is 0 Å². The Kier molecular flexibility index (Phi) is 2.41. The molecule has 2 fully saturated rings. The number of hydrogen-bond acceptors (Lipinski definition) is 5. The Bertz CT molecular complexity index is 261. The summed E-state index contributed by atoms with van der Waals surface area (Å²) in [6.45, 7) is 3.44. The van der Waals surface area contributed by atoms with Crippen molar-refractivity contribution in [3.05, 3.63) is 0 Å². The van der Waals surface area contributed by atoms with Gasteiger partial charge in [-0.2, -0.15) is 0 Å². The third kappa shape index (κ3) is 1.71. The molecule has 2 atom stereocenters. The van der Waals surface area contributed by atoms with Crippen molar-refractivity contribution >= 4 is 23.3 Å². The number of ketones is 2. The topological polar surface area (TPSA) is 52.6 Å². The molecule has 0 spiro atoms. The highest BCUT2D eigenvalue weighted by atomic mass is 32.2. The molecule has 0 aromatic heterocycles. The molecule has 0 aromatic carbocycles. The summed E-state index contributed by atoms with van der Waals surface area (Å²) in [5.41, 5.74) is 0. The molecule has 14 heavy (non-hydrogen) atoms. The predicted molar refractivity (Wildman–Crippen MR) is 51.2 cm³/mol. The quantitative estimate of drug-likeness (QED) is 0.586. The summed E-state index contributed by atoms with van der Waals surface area (Å²) in [5.74, 6) is -0.227. The van der Waals surface area contributed by atoms with Gasteiger partial charge in [0.2, 0.25) is 0 Å². The normalized spacial score (nSPS) is 36.7. The van der Waals surface area contributed by atoms with Crippen molar-refractivity contribution in [1.82, 2.24) is 0 Å². The van der Waals surface area contributed by atoms with Crippen LogP contribution in [-0.2, 0) is 19.1 Å². The molecule has 2 aliphatic heterocycles. The zero-order valence-corrected chi connectivity index (χ0v) is 8.93. The second-order valence-electron chi connectivity index (χ2n) is 3.90. The fourth-order valence-corrected chi connectivity index (χ4v) is 2.48. The highest BCUT2D eigenvalue weighted by Crippen LogP contribution is 2.32. The van der Waals surface area contributed by atoms with Crippen molar-refractivity contribution in [1.29, 1.82) is 0 Å². The van der Waals surface area contributed by atoms with Crippen molar-refractivity contribution in [3.8, 4) is 0 Å². The molecule has 2 heterocycles. The van der Waals surface area contributed by atoms with Gasteiger partial charge in [-0.3, -0.25) is 9.59 Å². The van der Waals surface area contributed by atoms with Crippen LogP contribution in [0.25, 0.3) is 0 Å². The van der Waals surface area contributed by atoms with Gasteiger partial charge in [0.1, 0.15) is 0 Å². The SMILES string of the molecule is CC1(C)OC2C(=O)CSCC(=O)[C@@H]2O1. The molecule has 0 radical (unpaired) electrons. The molecule has 0 bridgehead atoms. The zero-order chi connectivity index (χ0) is 10.3. The van der Waals surface area contributed by atoms with Gasteiger partial charge in [-0.1, -0.05) is 0 Å². The molecule has 0 aliphatic carbocycles. The number of ether oxygens (including phenoxy) is 2. The Labute approximate surface area is 86.3 Å². The van der Waals surface area contributed by atoms with Crippen LogP contribution in [0.3, 0.4) is 0 Å². The van der Waals surface area contributed by atoms with Crippen molar-refractivity contribution in [2.75, 3.05) is 11.5 Å². The second-order valence-corrected chi connectivity index (χ2v) is 4.89. The molecular weight excluding hydrogens is 204 g/mol. The van der Waals surface area contributed by atoms with Gasteiger partial charge in [-0.25, -0.2) is 0 Å². The number of fused-ring (bicyclic) bond motifs is 1. The van der Waals surface area contributed by atoms with E-state index in [0.717, 1.165) is 0 Å². The molecule has 0 N–H and O–H groups in total. The van der Waals surface area contributed by atoms with Crippen LogP contribution in [0.4, 0.5) is 0 Å². The summed E-state index contributed by atoms with van der Waals surface area (Å²) in [4.78, 5) is 23.1. The monoisotopic (exact) mass is 216 g/mol. The van der Waals surface area contributed by atoms with E-state index in [9.17, 15) is 9.59 Å². The largest absolute Gasteiger partial charge is 0.336 e. The molecule has 5 heteroatoms. The number of hydrogen-bond donors (Lipinski definition) is 0. The lowest BCUT2D eigenvalue weighted by Gasteiger charge is -2.16. The summed E-state index contributed by atoms with van der Waals surface area (Å²) in [7, 11) is 0. The first kappa shape index (κ1) is 10.1. The van der Waals surface area contributed by atoms with Crippen molar-refractivity contribution in [2.24, 2.45) is 0 Å². The Morgan fingerprint density at radius 3 is 2.00 bits per heavy atom. The van der Waals surface area contributed by atoms with Crippen LogP contribution in [0.2, 0.25) is 0 Å². The first-order valence-corrected chi connectivity index (χ1v) is 5.64. The molecule has 2 saturated heterocycles. The summed E-state index contributed by atoms with van der Waals surface area (Å²) in [6.07, 6.45) is -1.38. The lowest BCUT2D eigenvalue weighted by molar-refractivity contribution is -0.157. The average Bonchev–Trinajstić information content (AvgIpc) is 2.35. The van der Waals surface area contributed by atoms with E-state index < -0.39 is 18.0 Å². The van der Waals surface area contributed by atoms with E-state index in [1.165, 1.54) is 11.8 Å². The highest BCUT2D eigenvalue weighted by molar-refractivity contribution is 8.00. The first-order chi connectivity index (χ1) is 6.49. The van der Waals surface area contributed by atoms with E-state index in [2.05, 4.69) is 0 Å².